The van der Waals surface area contributed by atoms with Gasteiger partial charge in [-0.3, -0.25) is 0 Å². The van der Waals surface area contributed by atoms with Gasteiger partial charge in [0.25, 0.3) is 0 Å². The molecular formula is C13H14N2O3S. The van der Waals surface area contributed by atoms with Gasteiger partial charge in [-0.25, -0.2) is 9.78 Å². The van der Waals surface area contributed by atoms with Gasteiger partial charge >= 0.3 is 5.97 Å². The number of nitrogens with zero attached hydrogens (tertiary/aromatic N) is 2. The van der Waals surface area contributed by atoms with Crippen molar-refractivity contribution in [3.05, 3.63) is 28.2 Å². The summed E-state index contributed by atoms with van der Waals surface area (Å²) in [5.41, 5.74) is -1.58. The fourth-order valence-corrected chi connectivity index (χ4v) is 2.69. The fraction of sp³-hybridized carbons (Fsp3) is 0.462. The molecule has 5 nitrogen and oxygen atoms in total. The Hall–Kier alpha value is -1.71. The number of nitriles is 1. The first-order valence-electron chi connectivity index (χ1n) is 5.99. The lowest BCUT2D eigenvalue weighted by Crippen LogP contribution is -2.38. The van der Waals surface area contributed by atoms with Gasteiger partial charge in [0.2, 0.25) is 5.60 Å². The SMILES string of the molecule is C=C(C#N)C(O)(C(=O)OCC)c1nc(C2CC2)cs1. The molecule has 100 valence electrons. The van der Waals surface area contributed by atoms with Gasteiger partial charge in [0, 0.05) is 11.3 Å². The van der Waals surface area contributed by atoms with E-state index in [1.54, 1.807) is 13.0 Å². The maximum Gasteiger partial charge on any atom is 0.351 e. The summed E-state index contributed by atoms with van der Waals surface area (Å²) in [7, 11) is 0. The third kappa shape index (κ3) is 2.39. The average Bonchev–Trinajstić information content (AvgIpc) is 3.14. The van der Waals surface area contributed by atoms with Gasteiger partial charge in [-0.15, -0.1) is 11.3 Å². The van der Waals surface area contributed by atoms with Crippen molar-refractivity contribution in [1.29, 1.82) is 5.26 Å². The van der Waals surface area contributed by atoms with Crippen LogP contribution in [-0.4, -0.2) is 22.7 Å². The highest BCUT2D eigenvalue weighted by atomic mass is 32.1. The first kappa shape index (κ1) is 13.7. The normalized spacial score (nSPS) is 17.3. The molecule has 2 rings (SSSR count). The molecular weight excluding hydrogens is 264 g/mol. The van der Waals surface area contributed by atoms with Gasteiger partial charge in [0.15, 0.2) is 0 Å². The lowest BCUT2D eigenvalue weighted by atomic mass is 9.96. The lowest BCUT2D eigenvalue weighted by Gasteiger charge is -2.21. The summed E-state index contributed by atoms with van der Waals surface area (Å²) in [6.45, 7) is 5.19. The van der Waals surface area contributed by atoms with Crippen LogP contribution in [0.3, 0.4) is 0 Å². The Morgan fingerprint density at radius 3 is 3.00 bits per heavy atom. The monoisotopic (exact) mass is 278 g/mol. The molecule has 1 fully saturated rings. The van der Waals surface area contributed by atoms with Crippen LogP contribution in [0.15, 0.2) is 17.5 Å². The molecule has 0 aliphatic heterocycles. The minimum atomic E-state index is -2.16. The van der Waals surface area contributed by atoms with Crippen molar-refractivity contribution in [2.75, 3.05) is 6.61 Å². The Bertz CT molecular complexity index is 556. The van der Waals surface area contributed by atoms with Crippen LogP contribution in [0, 0.1) is 11.3 Å². The molecule has 1 aromatic heterocycles. The van der Waals surface area contributed by atoms with E-state index >= 15 is 0 Å². The zero-order valence-corrected chi connectivity index (χ0v) is 11.4. The third-order valence-corrected chi connectivity index (χ3v) is 3.94. The van der Waals surface area contributed by atoms with E-state index in [1.165, 1.54) is 0 Å². The molecule has 19 heavy (non-hydrogen) atoms. The number of esters is 1. The lowest BCUT2D eigenvalue weighted by molar-refractivity contribution is -0.161. The van der Waals surface area contributed by atoms with Gasteiger partial charge < -0.3 is 9.84 Å². The van der Waals surface area contributed by atoms with Gasteiger partial charge in [-0.1, -0.05) is 6.58 Å². The van der Waals surface area contributed by atoms with Crippen molar-refractivity contribution >= 4 is 17.3 Å². The molecule has 1 unspecified atom stereocenters. The number of hydrogen-bond donors (Lipinski definition) is 1. The Labute approximate surface area is 115 Å². The second-order valence-electron chi connectivity index (χ2n) is 4.37. The smallest absolute Gasteiger partial charge is 0.351 e. The summed E-state index contributed by atoms with van der Waals surface area (Å²) < 4.78 is 4.84. The number of carbonyl (C=O) groups excluding carboxylic acids is 1. The molecule has 1 N–H and O–H groups in total. The molecule has 0 aromatic carbocycles. The Balaban J connectivity index is 2.38. The number of thiazole rings is 1. The Kier molecular flexibility index (Phi) is 3.69. The first-order valence-corrected chi connectivity index (χ1v) is 6.87. The molecule has 0 saturated heterocycles. The average molecular weight is 278 g/mol. The highest BCUT2D eigenvalue weighted by molar-refractivity contribution is 7.10. The van der Waals surface area contributed by atoms with Crippen molar-refractivity contribution in [3.8, 4) is 6.07 Å². The largest absolute Gasteiger partial charge is 0.463 e. The standard InChI is InChI=1S/C13H14N2O3S/c1-3-18-12(16)13(17,8(2)6-14)11-15-10(7-19-11)9-4-5-9/h7,9,17H,2-5H2,1H3. The van der Waals surface area contributed by atoms with Crippen LogP contribution < -0.4 is 0 Å². The minimum absolute atomic E-state index is 0.112. The van der Waals surface area contributed by atoms with Crippen LogP contribution in [0.5, 0.6) is 0 Å². The van der Waals surface area contributed by atoms with Gasteiger partial charge in [0.05, 0.1) is 23.9 Å². The van der Waals surface area contributed by atoms with Crippen molar-refractivity contribution in [2.24, 2.45) is 0 Å². The molecule has 0 radical (unpaired) electrons. The fourth-order valence-electron chi connectivity index (χ4n) is 1.67. The number of rotatable bonds is 5. The summed E-state index contributed by atoms with van der Waals surface area (Å²) in [5, 5.41) is 21.4. The van der Waals surface area contributed by atoms with E-state index in [4.69, 9.17) is 10.00 Å². The number of aromatic nitrogens is 1. The summed E-state index contributed by atoms with van der Waals surface area (Å²) >= 11 is 1.15. The predicted molar refractivity (Wildman–Crippen MR) is 69.4 cm³/mol. The quantitative estimate of drug-likeness (QED) is 0.656. The predicted octanol–water partition coefficient (Wildman–Crippen LogP) is 1.85. The van der Waals surface area contributed by atoms with Crippen LogP contribution in [0.25, 0.3) is 0 Å². The van der Waals surface area contributed by atoms with Crippen molar-refractivity contribution in [2.45, 2.75) is 31.3 Å². The van der Waals surface area contributed by atoms with Crippen LogP contribution >= 0.6 is 11.3 Å². The first-order chi connectivity index (χ1) is 9.03. The van der Waals surface area contributed by atoms with E-state index < -0.39 is 11.6 Å². The summed E-state index contributed by atoms with van der Waals surface area (Å²) in [6, 6.07) is 1.72. The second kappa shape index (κ2) is 5.11. The second-order valence-corrected chi connectivity index (χ2v) is 5.23. The topological polar surface area (TPSA) is 83.2 Å². The molecule has 1 saturated carbocycles. The van der Waals surface area contributed by atoms with E-state index in [0.29, 0.717) is 5.92 Å². The molecule has 1 aromatic rings. The van der Waals surface area contributed by atoms with E-state index in [9.17, 15) is 9.90 Å². The van der Waals surface area contributed by atoms with E-state index in [-0.39, 0.29) is 17.2 Å². The van der Waals surface area contributed by atoms with E-state index in [0.717, 1.165) is 29.9 Å². The van der Waals surface area contributed by atoms with E-state index in [1.807, 2.05) is 5.38 Å². The maximum atomic E-state index is 11.9. The van der Waals surface area contributed by atoms with Crippen LogP contribution in [-0.2, 0) is 15.1 Å². The molecule has 1 aliphatic rings. The number of carbonyl (C=O) groups is 1. The van der Waals surface area contributed by atoms with Crippen LogP contribution in [0.4, 0.5) is 0 Å². The molecule has 6 heteroatoms. The van der Waals surface area contributed by atoms with Gasteiger partial charge in [-0.05, 0) is 19.8 Å². The molecule has 1 heterocycles. The maximum absolute atomic E-state index is 11.9. The van der Waals surface area contributed by atoms with Gasteiger partial charge in [-0.2, -0.15) is 5.26 Å². The molecule has 0 spiro atoms. The number of ether oxygens (including phenoxy) is 1. The highest BCUT2D eigenvalue weighted by Gasteiger charge is 2.46. The highest BCUT2D eigenvalue weighted by Crippen LogP contribution is 2.42. The van der Waals surface area contributed by atoms with E-state index in [2.05, 4.69) is 11.6 Å². The molecule has 0 bridgehead atoms. The minimum Gasteiger partial charge on any atom is -0.463 e. The van der Waals surface area contributed by atoms with Crippen molar-refractivity contribution < 1.29 is 14.6 Å². The van der Waals surface area contributed by atoms with Crippen LogP contribution in [0.1, 0.15) is 36.4 Å². The molecule has 1 aliphatic carbocycles. The number of aliphatic hydroxyl groups is 1. The third-order valence-electron chi connectivity index (χ3n) is 2.97. The molecule has 1 atom stereocenters. The zero-order valence-electron chi connectivity index (χ0n) is 10.5. The van der Waals surface area contributed by atoms with Crippen molar-refractivity contribution in [1.82, 2.24) is 4.98 Å². The molecule has 0 amide bonds. The number of hydrogen-bond acceptors (Lipinski definition) is 6. The Morgan fingerprint density at radius 2 is 2.47 bits per heavy atom. The zero-order chi connectivity index (χ0) is 14.0. The van der Waals surface area contributed by atoms with Crippen LogP contribution in [0.2, 0.25) is 0 Å². The van der Waals surface area contributed by atoms with Crippen molar-refractivity contribution in [3.63, 3.8) is 0 Å². The summed E-state index contributed by atoms with van der Waals surface area (Å²) in [6.07, 6.45) is 2.14. The summed E-state index contributed by atoms with van der Waals surface area (Å²) in [5.74, 6) is -0.495. The Morgan fingerprint density at radius 1 is 1.79 bits per heavy atom. The van der Waals surface area contributed by atoms with Gasteiger partial charge in [0.1, 0.15) is 5.01 Å². The summed E-state index contributed by atoms with van der Waals surface area (Å²) in [4.78, 5) is 16.2.